The highest BCUT2D eigenvalue weighted by Gasteiger charge is 2.33. The van der Waals surface area contributed by atoms with Crippen LogP contribution in [0.25, 0.3) is 17.4 Å². The third kappa shape index (κ3) is 5.08. The van der Waals surface area contributed by atoms with Crippen LogP contribution in [0.2, 0.25) is 5.02 Å². The number of hydrogen-bond donors (Lipinski definition) is 0. The Bertz CT molecular complexity index is 1820. The fraction of sp³-hybridized carbons (Fsp3) is 0.179. The minimum Gasteiger partial charge on any atom is -0.459 e. The molecule has 39 heavy (non-hydrogen) atoms. The lowest BCUT2D eigenvalue weighted by Crippen LogP contribution is -2.40. The van der Waals surface area contributed by atoms with Crippen molar-refractivity contribution in [1.82, 2.24) is 4.57 Å². The van der Waals surface area contributed by atoms with Gasteiger partial charge in [0.1, 0.15) is 11.5 Å². The minimum absolute atomic E-state index is 0.122. The molecule has 0 N–H and O–H groups in total. The Morgan fingerprint density at radius 3 is 2.64 bits per heavy atom. The number of fused-ring (bicyclic) bond motifs is 1. The van der Waals surface area contributed by atoms with Crippen LogP contribution in [-0.4, -0.2) is 21.6 Å². The van der Waals surface area contributed by atoms with Gasteiger partial charge in [0.05, 0.1) is 37.9 Å². The van der Waals surface area contributed by atoms with E-state index in [1.165, 1.54) is 34.1 Å². The number of furan rings is 1. The van der Waals surface area contributed by atoms with Crippen LogP contribution in [0.5, 0.6) is 0 Å². The number of rotatable bonds is 6. The molecule has 0 saturated heterocycles. The first kappa shape index (κ1) is 26.3. The van der Waals surface area contributed by atoms with E-state index in [4.69, 9.17) is 20.8 Å². The molecule has 3 heterocycles. The molecular formula is C28H22ClN3O6S. The molecule has 0 radical (unpaired) electrons. The number of aromatic nitrogens is 1. The van der Waals surface area contributed by atoms with Gasteiger partial charge >= 0.3 is 5.97 Å². The van der Waals surface area contributed by atoms with Gasteiger partial charge in [-0.3, -0.25) is 19.5 Å². The number of esters is 1. The molecule has 0 amide bonds. The predicted molar refractivity (Wildman–Crippen MR) is 147 cm³/mol. The van der Waals surface area contributed by atoms with Crippen LogP contribution in [0.15, 0.2) is 86.1 Å². The molecule has 2 aromatic carbocycles. The Balaban J connectivity index is 1.62. The normalized spacial score (nSPS) is 15.3. The number of carbonyl (C=O) groups is 1. The van der Waals surface area contributed by atoms with Crippen molar-refractivity contribution in [3.63, 3.8) is 0 Å². The number of nitro benzene ring substituents is 1. The standard InChI is InChI=1S/C28H22ClN3O6S/c1-15(2)37-27(34)24-16(3)30-28-31(25(24)17-7-5-4-6-8-17)26(33)23(39-28)14-19-10-12-22(38-19)20-13-18(32(35)36)9-11-21(20)29/h4-15,25H,1-3H3. The molecule has 1 unspecified atom stereocenters. The third-order valence-electron chi connectivity index (χ3n) is 6.03. The number of thiazole rings is 1. The van der Waals surface area contributed by atoms with E-state index in [1.807, 2.05) is 30.3 Å². The molecule has 1 aliphatic heterocycles. The van der Waals surface area contributed by atoms with Gasteiger partial charge in [-0.25, -0.2) is 9.79 Å². The van der Waals surface area contributed by atoms with Crippen molar-refractivity contribution in [3.8, 4) is 11.3 Å². The molecule has 0 fully saturated rings. The summed E-state index contributed by atoms with van der Waals surface area (Å²) in [5.41, 5.74) is 1.41. The monoisotopic (exact) mass is 563 g/mol. The second-order valence-electron chi connectivity index (χ2n) is 9.07. The van der Waals surface area contributed by atoms with E-state index < -0.39 is 16.9 Å². The summed E-state index contributed by atoms with van der Waals surface area (Å²) in [7, 11) is 0. The van der Waals surface area contributed by atoms with E-state index in [2.05, 4.69) is 4.99 Å². The van der Waals surface area contributed by atoms with E-state index in [9.17, 15) is 19.7 Å². The quantitative estimate of drug-likeness (QED) is 0.185. The average molecular weight is 564 g/mol. The highest BCUT2D eigenvalue weighted by Crippen LogP contribution is 2.33. The lowest BCUT2D eigenvalue weighted by Gasteiger charge is -2.25. The number of allylic oxidation sites excluding steroid dienone is 1. The van der Waals surface area contributed by atoms with Crippen molar-refractivity contribution in [3.05, 3.63) is 118 Å². The lowest BCUT2D eigenvalue weighted by atomic mass is 9.96. The number of halogens is 1. The fourth-order valence-corrected chi connectivity index (χ4v) is 5.57. The fourth-order valence-electron chi connectivity index (χ4n) is 4.33. The second-order valence-corrected chi connectivity index (χ2v) is 10.5. The van der Waals surface area contributed by atoms with Gasteiger partial charge in [0, 0.05) is 23.8 Å². The molecule has 0 bridgehead atoms. The third-order valence-corrected chi connectivity index (χ3v) is 7.34. The van der Waals surface area contributed by atoms with Crippen LogP contribution in [-0.2, 0) is 9.53 Å². The zero-order valence-electron chi connectivity index (χ0n) is 21.1. The van der Waals surface area contributed by atoms with Gasteiger partial charge in [-0.15, -0.1) is 0 Å². The zero-order valence-corrected chi connectivity index (χ0v) is 22.7. The van der Waals surface area contributed by atoms with Crippen molar-refractivity contribution in [1.29, 1.82) is 0 Å². The number of non-ortho nitro benzene ring substituents is 1. The summed E-state index contributed by atoms with van der Waals surface area (Å²) in [6.45, 7) is 5.25. The first-order valence-electron chi connectivity index (χ1n) is 12.0. The molecule has 5 rings (SSSR count). The number of ether oxygens (including phenoxy) is 1. The Kier molecular flexibility index (Phi) is 7.07. The maximum atomic E-state index is 13.7. The van der Waals surface area contributed by atoms with Crippen molar-refractivity contribution in [2.45, 2.75) is 32.9 Å². The van der Waals surface area contributed by atoms with E-state index >= 15 is 0 Å². The molecule has 9 nitrogen and oxygen atoms in total. The average Bonchev–Trinajstić information content (AvgIpc) is 3.47. The maximum absolute atomic E-state index is 13.7. The number of hydrogen-bond acceptors (Lipinski definition) is 8. The number of benzene rings is 2. The minimum atomic E-state index is -0.716. The Morgan fingerprint density at radius 1 is 1.21 bits per heavy atom. The Hall–Kier alpha value is -4.28. The number of carbonyl (C=O) groups excluding carboxylic acids is 1. The first-order valence-corrected chi connectivity index (χ1v) is 13.2. The molecule has 2 aromatic heterocycles. The van der Waals surface area contributed by atoms with Gasteiger partial charge in [0.15, 0.2) is 4.80 Å². The number of nitro groups is 1. The number of nitrogens with zero attached hydrogens (tertiary/aromatic N) is 3. The summed E-state index contributed by atoms with van der Waals surface area (Å²) in [5.74, 6) is 0.141. The smallest absolute Gasteiger partial charge is 0.338 e. The molecule has 0 spiro atoms. The largest absolute Gasteiger partial charge is 0.459 e. The van der Waals surface area contributed by atoms with Crippen molar-refractivity contribution < 1.29 is 18.9 Å². The topological polar surface area (TPSA) is 117 Å². The SMILES string of the molecule is CC1=C(C(=O)OC(C)C)C(c2ccccc2)n2c(sc(=Cc3ccc(-c4cc([N+](=O)[O-])ccc4Cl)o3)c2=O)=N1. The Morgan fingerprint density at radius 2 is 1.95 bits per heavy atom. The van der Waals surface area contributed by atoms with Crippen LogP contribution >= 0.6 is 22.9 Å². The van der Waals surface area contributed by atoms with E-state index in [0.29, 0.717) is 42.7 Å². The molecule has 1 atom stereocenters. The molecule has 198 valence electrons. The molecule has 0 saturated carbocycles. The zero-order chi connectivity index (χ0) is 27.8. The van der Waals surface area contributed by atoms with E-state index in [-0.39, 0.29) is 17.4 Å². The van der Waals surface area contributed by atoms with Crippen molar-refractivity contribution in [2.75, 3.05) is 0 Å². The van der Waals surface area contributed by atoms with Gasteiger partial charge in [-0.1, -0.05) is 53.3 Å². The van der Waals surface area contributed by atoms with Crippen LogP contribution < -0.4 is 14.9 Å². The van der Waals surface area contributed by atoms with Crippen LogP contribution in [0, 0.1) is 10.1 Å². The summed E-state index contributed by atoms with van der Waals surface area (Å²) in [4.78, 5) is 42.5. The molecular weight excluding hydrogens is 542 g/mol. The Labute approximate surface area is 231 Å². The van der Waals surface area contributed by atoms with Crippen molar-refractivity contribution >= 4 is 40.7 Å². The molecule has 1 aliphatic rings. The van der Waals surface area contributed by atoms with E-state index in [0.717, 1.165) is 5.56 Å². The molecule has 4 aromatic rings. The van der Waals surface area contributed by atoms with Crippen LogP contribution in [0.3, 0.4) is 0 Å². The maximum Gasteiger partial charge on any atom is 0.338 e. The van der Waals surface area contributed by atoms with Gasteiger partial charge in [-0.05, 0) is 44.5 Å². The van der Waals surface area contributed by atoms with Crippen LogP contribution in [0.4, 0.5) is 5.69 Å². The summed E-state index contributed by atoms with van der Waals surface area (Å²) in [6, 6.07) is 15.9. The van der Waals surface area contributed by atoms with Crippen LogP contribution in [0.1, 0.15) is 38.1 Å². The van der Waals surface area contributed by atoms with E-state index in [1.54, 1.807) is 39.0 Å². The highest BCUT2D eigenvalue weighted by molar-refractivity contribution is 7.07. The summed E-state index contributed by atoms with van der Waals surface area (Å²) in [6.07, 6.45) is 1.23. The first-order chi connectivity index (χ1) is 18.6. The van der Waals surface area contributed by atoms with Crippen molar-refractivity contribution in [2.24, 2.45) is 4.99 Å². The lowest BCUT2D eigenvalue weighted by molar-refractivity contribution is -0.384. The van der Waals surface area contributed by atoms with Gasteiger partial charge in [-0.2, -0.15) is 0 Å². The molecule has 0 aliphatic carbocycles. The van der Waals surface area contributed by atoms with Gasteiger partial charge in [0.25, 0.3) is 11.2 Å². The second kappa shape index (κ2) is 10.5. The summed E-state index contributed by atoms with van der Waals surface area (Å²) < 4.78 is 13.2. The van der Waals surface area contributed by atoms with Gasteiger partial charge in [0.2, 0.25) is 0 Å². The highest BCUT2D eigenvalue weighted by atomic mass is 35.5. The van der Waals surface area contributed by atoms with Gasteiger partial charge < -0.3 is 9.15 Å². The predicted octanol–water partition coefficient (Wildman–Crippen LogP) is 5.01. The summed E-state index contributed by atoms with van der Waals surface area (Å²) >= 11 is 7.43. The molecule has 11 heteroatoms. The summed E-state index contributed by atoms with van der Waals surface area (Å²) in [5, 5.41) is 11.5.